The number of rotatable bonds is 6. The van der Waals surface area contributed by atoms with E-state index in [9.17, 15) is 0 Å². The third-order valence-electron chi connectivity index (χ3n) is 7.20. The summed E-state index contributed by atoms with van der Waals surface area (Å²) in [4.78, 5) is 13.5. The van der Waals surface area contributed by atoms with E-state index >= 15 is 0 Å². The van der Waals surface area contributed by atoms with Crippen molar-refractivity contribution in [3.63, 3.8) is 0 Å². The topological polar surface area (TPSA) is 117 Å². The van der Waals surface area contributed by atoms with Crippen molar-refractivity contribution in [2.75, 3.05) is 0 Å². The number of aromatic nitrogens is 3. The van der Waals surface area contributed by atoms with Crippen molar-refractivity contribution in [1.82, 2.24) is 15.0 Å². The Morgan fingerprint density at radius 3 is 1.68 bits per heavy atom. The van der Waals surface area contributed by atoms with Crippen LogP contribution in [0, 0.1) is 0 Å². The molecule has 0 amide bonds. The van der Waals surface area contributed by atoms with E-state index < -0.39 is 12.1 Å². The largest absolute Gasteiger partial charge is 0.436 e. The predicted octanol–water partition coefficient (Wildman–Crippen LogP) is 7.83. The fraction of sp³-hybridized carbons (Fsp3) is 0.0606. The second-order valence-corrected chi connectivity index (χ2v) is 10.8. The smallest absolute Gasteiger partial charge is 0.227 e. The van der Waals surface area contributed by atoms with E-state index in [2.05, 4.69) is 25.9 Å². The number of fused-ring (bicyclic) bond motifs is 2. The average Bonchev–Trinajstić information content (AvgIpc) is 3.65. The maximum absolute atomic E-state index is 6.60. The van der Waals surface area contributed by atoms with E-state index in [1.165, 1.54) is 0 Å². The Balaban J connectivity index is 1.08. The maximum atomic E-state index is 6.60. The summed E-state index contributed by atoms with van der Waals surface area (Å²) in [5.74, 6) is 1.11. The number of oxazole rings is 2. The van der Waals surface area contributed by atoms with Gasteiger partial charge in [0.1, 0.15) is 11.0 Å². The van der Waals surface area contributed by atoms with E-state index in [4.69, 9.17) is 25.3 Å². The van der Waals surface area contributed by atoms with Gasteiger partial charge >= 0.3 is 0 Å². The van der Waals surface area contributed by atoms with E-state index in [0.29, 0.717) is 11.8 Å². The lowest BCUT2D eigenvalue weighted by Gasteiger charge is -2.21. The van der Waals surface area contributed by atoms with Crippen LogP contribution in [0.1, 0.15) is 23.2 Å². The lowest BCUT2D eigenvalue weighted by Crippen LogP contribution is -2.26. The lowest BCUT2D eigenvalue weighted by molar-refractivity contribution is 0.574. The van der Waals surface area contributed by atoms with Gasteiger partial charge in [-0.05, 0) is 77.4 Å². The van der Waals surface area contributed by atoms with Gasteiger partial charge < -0.3 is 20.3 Å². The van der Waals surface area contributed by atoms with Gasteiger partial charge in [-0.3, -0.25) is 4.98 Å². The van der Waals surface area contributed by atoms with E-state index in [0.717, 1.165) is 60.1 Å². The predicted molar refractivity (Wildman–Crippen MR) is 164 cm³/mol. The Kier molecular flexibility index (Phi) is 6.43. The number of benzene rings is 4. The summed E-state index contributed by atoms with van der Waals surface area (Å²) >= 11 is 3.47. The molecule has 200 valence electrons. The van der Waals surface area contributed by atoms with Gasteiger partial charge in [-0.1, -0.05) is 52.3 Å². The monoisotopic (exact) mass is 601 g/mol. The van der Waals surface area contributed by atoms with Crippen molar-refractivity contribution in [2.45, 2.75) is 12.1 Å². The van der Waals surface area contributed by atoms with Crippen LogP contribution in [0.2, 0.25) is 0 Å². The molecule has 7 aromatic rings. The summed E-state index contributed by atoms with van der Waals surface area (Å²) in [6.45, 7) is 0. The molecule has 0 bridgehead atoms. The van der Waals surface area contributed by atoms with Crippen LogP contribution in [0.5, 0.6) is 0 Å². The van der Waals surface area contributed by atoms with Gasteiger partial charge in [0.05, 0.1) is 0 Å². The molecule has 0 saturated carbocycles. The van der Waals surface area contributed by atoms with Crippen molar-refractivity contribution in [3.05, 3.63) is 125 Å². The first-order valence-corrected chi connectivity index (χ1v) is 13.9. The summed E-state index contributed by atoms with van der Waals surface area (Å²) in [7, 11) is 0. The molecule has 4 aromatic carbocycles. The second kappa shape index (κ2) is 10.4. The normalized spacial score (nSPS) is 13.0. The number of hydrogen-bond acceptors (Lipinski definition) is 7. The maximum Gasteiger partial charge on any atom is 0.227 e. The summed E-state index contributed by atoms with van der Waals surface area (Å²) in [5, 5.41) is 0. The van der Waals surface area contributed by atoms with E-state index in [1.54, 1.807) is 6.20 Å². The highest BCUT2D eigenvalue weighted by atomic mass is 79.9. The highest BCUT2D eigenvalue weighted by Gasteiger charge is 2.19. The first-order valence-electron chi connectivity index (χ1n) is 13.1. The fourth-order valence-electron chi connectivity index (χ4n) is 4.90. The van der Waals surface area contributed by atoms with Gasteiger partial charge in [0.2, 0.25) is 11.8 Å². The number of hydrogen-bond donors (Lipinski definition) is 2. The minimum atomic E-state index is -0.401. The molecule has 3 aromatic heterocycles. The highest BCUT2D eigenvalue weighted by Crippen LogP contribution is 2.32. The zero-order valence-electron chi connectivity index (χ0n) is 21.7. The first-order chi connectivity index (χ1) is 20.0. The molecular weight excluding hydrogens is 578 g/mol. The quantitative estimate of drug-likeness (QED) is 0.199. The van der Waals surface area contributed by atoms with Crippen LogP contribution in [-0.2, 0) is 0 Å². The van der Waals surface area contributed by atoms with Crippen LogP contribution in [0.25, 0.3) is 56.2 Å². The van der Waals surface area contributed by atoms with E-state index in [1.807, 2.05) is 103 Å². The Labute approximate surface area is 244 Å². The molecule has 0 spiro atoms. The number of nitrogens with two attached hydrogens (primary N) is 2. The molecule has 0 fully saturated rings. The van der Waals surface area contributed by atoms with Gasteiger partial charge in [-0.15, -0.1) is 0 Å². The van der Waals surface area contributed by atoms with Crippen LogP contribution in [0.4, 0.5) is 0 Å². The third-order valence-corrected chi connectivity index (χ3v) is 7.70. The van der Waals surface area contributed by atoms with Gasteiger partial charge in [0, 0.05) is 45.6 Å². The molecule has 41 heavy (non-hydrogen) atoms. The molecule has 4 N–H and O–H groups in total. The molecule has 7 rings (SSSR count). The second-order valence-electron chi connectivity index (χ2n) is 9.87. The minimum Gasteiger partial charge on any atom is -0.436 e. The van der Waals surface area contributed by atoms with Crippen molar-refractivity contribution in [1.29, 1.82) is 0 Å². The Morgan fingerprint density at radius 1 is 0.585 bits per heavy atom. The first kappa shape index (κ1) is 25.3. The molecule has 0 aliphatic heterocycles. The molecule has 2 unspecified atom stereocenters. The molecule has 0 radical (unpaired) electrons. The molecule has 7 nitrogen and oxygen atoms in total. The summed E-state index contributed by atoms with van der Waals surface area (Å²) in [6.07, 6.45) is 3.59. The number of nitrogens with zero attached hydrogens (tertiary/aromatic N) is 3. The van der Waals surface area contributed by atoms with E-state index in [-0.39, 0.29) is 0 Å². The standard InChI is InChI=1S/C33H24BrN5O2/c34-25-12-14-29-27(17-25)39-33(41-29)22-9-5-20(6-10-22)31(36)30(35)19-3-7-21(8-4-19)32-38-26-16-23(11-13-28(26)40-32)24-2-1-15-37-18-24/h1-18,30-31H,35-36H2. The van der Waals surface area contributed by atoms with Gasteiger partial charge in [-0.25, -0.2) is 9.97 Å². The molecule has 0 aliphatic carbocycles. The van der Waals surface area contributed by atoms with Crippen molar-refractivity contribution >= 4 is 38.1 Å². The molecule has 0 saturated heterocycles. The van der Waals surface area contributed by atoms with Crippen molar-refractivity contribution < 1.29 is 8.83 Å². The van der Waals surface area contributed by atoms with Crippen molar-refractivity contribution in [2.24, 2.45) is 11.5 Å². The van der Waals surface area contributed by atoms with Gasteiger partial charge in [-0.2, -0.15) is 0 Å². The third kappa shape index (κ3) is 4.93. The molecule has 2 atom stereocenters. The Morgan fingerprint density at radius 2 is 1.12 bits per heavy atom. The molecule has 8 heteroatoms. The average molecular weight is 602 g/mol. The zero-order chi connectivity index (χ0) is 27.9. The van der Waals surface area contributed by atoms with Gasteiger partial charge in [0.15, 0.2) is 11.2 Å². The van der Waals surface area contributed by atoms with Crippen LogP contribution in [0.3, 0.4) is 0 Å². The fourth-order valence-corrected chi connectivity index (χ4v) is 5.25. The number of halogens is 1. The highest BCUT2D eigenvalue weighted by molar-refractivity contribution is 9.10. The molecular formula is C33H24BrN5O2. The number of pyridine rings is 1. The minimum absolute atomic E-state index is 0.398. The van der Waals surface area contributed by atoms with Crippen LogP contribution >= 0.6 is 15.9 Å². The Bertz CT molecular complexity index is 1980. The van der Waals surface area contributed by atoms with Crippen LogP contribution < -0.4 is 11.5 Å². The summed E-state index contributed by atoms with van der Waals surface area (Å²) in [5.41, 5.74) is 21.9. The summed E-state index contributed by atoms with van der Waals surface area (Å²) in [6, 6.07) is 30.6. The van der Waals surface area contributed by atoms with Crippen LogP contribution in [0.15, 0.2) is 123 Å². The zero-order valence-corrected chi connectivity index (χ0v) is 23.3. The van der Waals surface area contributed by atoms with Gasteiger partial charge in [0.25, 0.3) is 0 Å². The molecule has 0 aliphatic rings. The van der Waals surface area contributed by atoms with Crippen LogP contribution in [-0.4, -0.2) is 15.0 Å². The molecule has 3 heterocycles. The SMILES string of the molecule is NC(c1ccc(-c2nc3cc(Br)ccc3o2)cc1)C(N)c1ccc(-c2nc3cc(-c4cccnc4)ccc3o2)cc1. The lowest BCUT2D eigenvalue weighted by atomic mass is 9.93. The Hall–Kier alpha value is -4.63. The summed E-state index contributed by atoms with van der Waals surface area (Å²) < 4.78 is 12.9. The van der Waals surface area contributed by atoms with Crippen molar-refractivity contribution in [3.8, 4) is 34.0 Å².